The topological polar surface area (TPSA) is 38.7 Å². The second-order valence-electron chi connectivity index (χ2n) is 3.28. The zero-order valence-electron chi connectivity index (χ0n) is 9.65. The van der Waals surface area contributed by atoms with Crippen LogP contribution in [0.5, 0.6) is 11.5 Å². The van der Waals surface area contributed by atoms with Crippen molar-refractivity contribution in [1.29, 1.82) is 0 Å². The molecule has 0 aliphatic rings. The molecule has 0 fully saturated rings. The number of methoxy groups -OCH3 is 1. The molecule has 0 heterocycles. The third-order valence-corrected chi connectivity index (χ3v) is 2.95. The molecule has 0 aliphatic heterocycles. The second kappa shape index (κ2) is 6.47. The van der Waals surface area contributed by atoms with E-state index in [-0.39, 0.29) is 0 Å². The molecule has 0 saturated heterocycles. The summed E-state index contributed by atoms with van der Waals surface area (Å²) in [6.07, 6.45) is 2.29. The largest absolute Gasteiger partial charge is 0.495 e. The highest BCUT2D eigenvalue weighted by Crippen LogP contribution is 2.40. The van der Waals surface area contributed by atoms with Crippen molar-refractivity contribution in [3.05, 3.63) is 47.5 Å². The number of hydrogen-bond acceptors (Lipinski definition) is 3. The van der Waals surface area contributed by atoms with Crippen LogP contribution in [0.15, 0.2) is 41.9 Å². The van der Waals surface area contributed by atoms with Crippen LogP contribution >= 0.6 is 15.9 Å². The molecule has 0 bridgehead atoms. The van der Waals surface area contributed by atoms with Gasteiger partial charge >= 0.3 is 0 Å². The summed E-state index contributed by atoms with van der Waals surface area (Å²) in [5, 5.41) is 9.81. The van der Waals surface area contributed by atoms with Crippen molar-refractivity contribution in [2.45, 2.75) is 6.10 Å². The molecular weight excluding hydrogens is 284 g/mol. The van der Waals surface area contributed by atoms with Gasteiger partial charge < -0.3 is 14.6 Å². The Kier molecular flexibility index (Phi) is 5.25. The van der Waals surface area contributed by atoms with Crippen LogP contribution in [-0.2, 0) is 0 Å². The van der Waals surface area contributed by atoms with Gasteiger partial charge in [0.15, 0.2) is 0 Å². The Morgan fingerprint density at radius 2 is 2.18 bits per heavy atom. The maximum atomic E-state index is 9.81. The summed E-state index contributed by atoms with van der Waals surface area (Å²) in [5.41, 5.74) is 0.634. The van der Waals surface area contributed by atoms with Crippen molar-refractivity contribution < 1.29 is 14.6 Å². The van der Waals surface area contributed by atoms with Gasteiger partial charge in [-0.15, -0.1) is 6.58 Å². The highest BCUT2D eigenvalue weighted by Gasteiger charge is 2.17. The van der Waals surface area contributed by atoms with E-state index in [9.17, 15) is 5.11 Å². The van der Waals surface area contributed by atoms with E-state index in [1.807, 2.05) is 0 Å². The monoisotopic (exact) mass is 298 g/mol. The maximum Gasteiger partial charge on any atom is 0.143 e. The minimum Gasteiger partial charge on any atom is -0.495 e. The molecule has 4 heteroatoms. The molecule has 1 aromatic carbocycles. The number of rotatable bonds is 6. The van der Waals surface area contributed by atoms with Crippen molar-refractivity contribution in [2.75, 3.05) is 13.7 Å². The molecule has 3 nitrogen and oxygen atoms in total. The van der Waals surface area contributed by atoms with Crippen molar-refractivity contribution in [3.63, 3.8) is 0 Å². The molecule has 0 aromatic heterocycles. The van der Waals surface area contributed by atoms with Gasteiger partial charge in [0.2, 0.25) is 0 Å². The van der Waals surface area contributed by atoms with E-state index in [0.717, 1.165) is 0 Å². The van der Waals surface area contributed by atoms with E-state index in [4.69, 9.17) is 9.47 Å². The number of hydrogen-bond donors (Lipinski definition) is 1. The van der Waals surface area contributed by atoms with E-state index in [0.29, 0.717) is 28.1 Å². The van der Waals surface area contributed by atoms with Crippen LogP contribution in [0.4, 0.5) is 0 Å². The molecule has 1 rings (SSSR count). The normalized spacial score (nSPS) is 11.7. The van der Waals surface area contributed by atoms with Crippen LogP contribution in [0, 0.1) is 0 Å². The number of aliphatic hydroxyl groups excluding tert-OH is 1. The second-order valence-corrected chi connectivity index (χ2v) is 4.07. The zero-order chi connectivity index (χ0) is 12.8. The van der Waals surface area contributed by atoms with Crippen LogP contribution in [0.25, 0.3) is 0 Å². The molecule has 1 N–H and O–H groups in total. The van der Waals surface area contributed by atoms with E-state index in [1.54, 1.807) is 25.3 Å². The highest BCUT2D eigenvalue weighted by molar-refractivity contribution is 9.10. The van der Waals surface area contributed by atoms with Crippen LogP contribution < -0.4 is 9.47 Å². The van der Waals surface area contributed by atoms with Crippen LogP contribution in [0.3, 0.4) is 0 Å². The van der Waals surface area contributed by atoms with E-state index in [2.05, 4.69) is 29.1 Å². The first-order valence-corrected chi connectivity index (χ1v) is 5.85. The first-order chi connectivity index (χ1) is 8.15. The standard InChI is InChI=1S/C13H15BrO3/c1-4-8-17-13-9(10(15)5-2)6-7-11(16-3)12(13)14/h4-7,10,15H,1-2,8H2,3H3. The summed E-state index contributed by atoms with van der Waals surface area (Å²) in [5.74, 6) is 1.18. The summed E-state index contributed by atoms with van der Waals surface area (Å²) in [6, 6.07) is 3.50. The predicted octanol–water partition coefficient (Wildman–Crippen LogP) is 3.24. The first kappa shape index (κ1) is 13.8. The fourth-order valence-electron chi connectivity index (χ4n) is 1.36. The molecular formula is C13H15BrO3. The lowest BCUT2D eigenvalue weighted by Gasteiger charge is -2.16. The molecule has 0 spiro atoms. The zero-order valence-corrected chi connectivity index (χ0v) is 11.2. The Balaban J connectivity index is 3.24. The maximum absolute atomic E-state index is 9.81. The van der Waals surface area contributed by atoms with Gasteiger partial charge in [0, 0.05) is 5.56 Å². The van der Waals surface area contributed by atoms with Gasteiger partial charge in [0.05, 0.1) is 7.11 Å². The molecule has 0 amide bonds. The molecule has 17 heavy (non-hydrogen) atoms. The third-order valence-electron chi connectivity index (χ3n) is 2.20. The number of benzene rings is 1. The van der Waals surface area contributed by atoms with Gasteiger partial charge in [-0.3, -0.25) is 0 Å². The van der Waals surface area contributed by atoms with E-state index >= 15 is 0 Å². The first-order valence-electron chi connectivity index (χ1n) is 5.06. The number of halogens is 1. The average Bonchev–Trinajstić information content (AvgIpc) is 2.36. The average molecular weight is 299 g/mol. The fourth-order valence-corrected chi connectivity index (χ4v) is 2.00. The van der Waals surface area contributed by atoms with Crippen molar-refractivity contribution in [2.24, 2.45) is 0 Å². The number of aliphatic hydroxyl groups is 1. The van der Waals surface area contributed by atoms with Crippen LogP contribution in [-0.4, -0.2) is 18.8 Å². The molecule has 0 aliphatic carbocycles. The molecule has 92 valence electrons. The molecule has 0 radical (unpaired) electrons. The summed E-state index contributed by atoms with van der Waals surface area (Å²) in [4.78, 5) is 0. The van der Waals surface area contributed by atoms with Gasteiger partial charge in [0.1, 0.15) is 28.7 Å². The summed E-state index contributed by atoms with van der Waals surface area (Å²) >= 11 is 3.39. The van der Waals surface area contributed by atoms with Crippen molar-refractivity contribution >= 4 is 15.9 Å². The highest BCUT2D eigenvalue weighted by atomic mass is 79.9. The van der Waals surface area contributed by atoms with Crippen molar-refractivity contribution in [3.8, 4) is 11.5 Å². The molecule has 1 aromatic rings. The number of ether oxygens (including phenoxy) is 2. The van der Waals surface area contributed by atoms with Gasteiger partial charge in [-0.2, -0.15) is 0 Å². The lowest BCUT2D eigenvalue weighted by molar-refractivity contribution is 0.220. The Morgan fingerprint density at radius 1 is 1.47 bits per heavy atom. The third kappa shape index (κ3) is 3.11. The van der Waals surface area contributed by atoms with E-state index < -0.39 is 6.10 Å². The molecule has 0 saturated carbocycles. The van der Waals surface area contributed by atoms with E-state index in [1.165, 1.54) is 6.08 Å². The Morgan fingerprint density at radius 3 is 2.71 bits per heavy atom. The lowest BCUT2D eigenvalue weighted by atomic mass is 10.1. The minimum absolute atomic E-state index is 0.350. The SMILES string of the molecule is C=CCOc1c(C(O)C=C)ccc(OC)c1Br. The Hall–Kier alpha value is -1.26. The van der Waals surface area contributed by atoms with Gasteiger partial charge in [-0.1, -0.05) is 18.7 Å². The Bertz CT molecular complexity index is 415. The van der Waals surface area contributed by atoms with Gasteiger partial charge in [-0.25, -0.2) is 0 Å². The van der Waals surface area contributed by atoms with Crippen LogP contribution in [0.1, 0.15) is 11.7 Å². The van der Waals surface area contributed by atoms with Gasteiger partial charge in [-0.05, 0) is 28.1 Å². The summed E-state index contributed by atoms with van der Waals surface area (Å²) in [7, 11) is 1.57. The fraction of sp³-hybridized carbons (Fsp3) is 0.231. The van der Waals surface area contributed by atoms with Crippen LogP contribution in [0.2, 0.25) is 0 Å². The predicted molar refractivity (Wildman–Crippen MR) is 71.5 cm³/mol. The summed E-state index contributed by atoms with van der Waals surface area (Å²) < 4.78 is 11.4. The molecule has 1 unspecified atom stereocenters. The quantitative estimate of drug-likeness (QED) is 0.820. The Labute approximate surface area is 109 Å². The smallest absolute Gasteiger partial charge is 0.143 e. The lowest BCUT2D eigenvalue weighted by Crippen LogP contribution is -2.03. The minimum atomic E-state index is -0.781. The summed E-state index contributed by atoms with van der Waals surface area (Å²) in [6.45, 7) is 7.50. The van der Waals surface area contributed by atoms with Crippen molar-refractivity contribution in [1.82, 2.24) is 0 Å². The van der Waals surface area contributed by atoms with Gasteiger partial charge in [0.25, 0.3) is 0 Å². The molecule has 1 atom stereocenters.